The lowest BCUT2D eigenvalue weighted by molar-refractivity contribution is -0.140. The molecule has 1 rings (SSSR count). The van der Waals surface area contributed by atoms with E-state index in [0.717, 1.165) is 0 Å². The van der Waals surface area contributed by atoms with Crippen LogP contribution in [-0.4, -0.2) is 4.98 Å². The summed E-state index contributed by atoms with van der Waals surface area (Å²) in [5, 5.41) is 0. The molecule has 0 aliphatic heterocycles. The predicted octanol–water partition coefficient (Wildman–Crippen LogP) is 1.79. The Morgan fingerprint density at radius 1 is 1.38 bits per heavy atom. The molecule has 0 aromatic carbocycles. The first kappa shape index (κ1) is 12.6. The first-order valence-corrected chi connectivity index (χ1v) is 4.09. The molecule has 8 heteroatoms. The van der Waals surface area contributed by atoms with Crippen LogP contribution in [-0.2, 0) is 12.7 Å². The van der Waals surface area contributed by atoms with Crippen LogP contribution in [0.3, 0.4) is 0 Å². The largest absolute Gasteiger partial charge is 0.417 e. The van der Waals surface area contributed by atoms with E-state index in [-0.39, 0.29) is 0 Å². The Labute approximate surface area is 86.1 Å². The molecule has 0 radical (unpaired) electrons. The number of halogens is 5. The van der Waals surface area contributed by atoms with Crippen LogP contribution in [0.1, 0.15) is 23.1 Å². The highest BCUT2D eigenvalue weighted by atomic mass is 19.4. The second-order valence-corrected chi connectivity index (χ2v) is 2.93. The van der Waals surface area contributed by atoms with Crippen LogP contribution in [0.25, 0.3) is 0 Å². The molecule has 0 amide bonds. The normalized spacial score (nSPS) is 12.2. The van der Waals surface area contributed by atoms with Crippen LogP contribution < -0.4 is 11.3 Å². The molecule has 0 spiro atoms. The van der Waals surface area contributed by atoms with E-state index in [9.17, 15) is 26.7 Å². The highest BCUT2D eigenvalue weighted by Gasteiger charge is 2.39. The third-order valence-corrected chi connectivity index (χ3v) is 1.95. The number of rotatable bonds is 2. The second-order valence-electron chi connectivity index (χ2n) is 2.93. The van der Waals surface area contributed by atoms with Crippen LogP contribution in [0.15, 0.2) is 11.0 Å². The van der Waals surface area contributed by atoms with Gasteiger partial charge in [0.15, 0.2) is 0 Å². The first-order chi connectivity index (χ1) is 7.29. The molecular weight excluding hydrogens is 235 g/mol. The van der Waals surface area contributed by atoms with Gasteiger partial charge in [-0.2, -0.15) is 13.2 Å². The van der Waals surface area contributed by atoms with Gasteiger partial charge in [-0.05, 0) is 0 Å². The SMILES string of the molecule is NCc1c(C(F)(F)F)c(C(F)F)c[nH]c1=O. The van der Waals surface area contributed by atoms with Crippen molar-refractivity contribution in [2.75, 3.05) is 0 Å². The Kier molecular flexibility index (Phi) is 3.32. The first-order valence-electron chi connectivity index (χ1n) is 4.09. The van der Waals surface area contributed by atoms with E-state index in [0.29, 0.717) is 6.20 Å². The zero-order valence-electron chi connectivity index (χ0n) is 7.74. The summed E-state index contributed by atoms with van der Waals surface area (Å²) in [7, 11) is 0. The van der Waals surface area contributed by atoms with Crippen LogP contribution in [0.5, 0.6) is 0 Å². The lowest BCUT2D eigenvalue weighted by Crippen LogP contribution is -2.25. The van der Waals surface area contributed by atoms with Crippen molar-refractivity contribution in [2.24, 2.45) is 5.73 Å². The van der Waals surface area contributed by atoms with Crippen molar-refractivity contribution in [3.63, 3.8) is 0 Å². The number of aromatic amines is 1. The number of H-pyrrole nitrogens is 1. The molecular formula is C8H7F5N2O. The third kappa shape index (κ3) is 2.21. The maximum Gasteiger partial charge on any atom is 0.417 e. The highest BCUT2D eigenvalue weighted by Crippen LogP contribution is 2.36. The summed E-state index contributed by atoms with van der Waals surface area (Å²) in [6.45, 7) is -0.759. The van der Waals surface area contributed by atoms with Crippen LogP contribution in [0.4, 0.5) is 22.0 Å². The fourth-order valence-corrected chi connectivity index (χ4v) is 1.29. The zero-order chi connectivity index (χ0) is 12.5. The smallest absolute Gasteiger partial charge is 0.328 e. The minimum atomic E-state index is -5.03. The van der Waals surface area contributed by atoms with E-state index in [1.807, 2.05) is 0 Å². The lowest BCUT2D eigenvalue weighted by Gasteiger charge is -2.15. The van der Waals surface area contributed by atoms with E-state index in [2.05, 4.69) is 0 Å². The van der Waals surface area contributed by atoms with Gasteiger partial charge in [-0.25, -0.2) is 8.78 Å². The molecule has 0 fully saturated rings. The van der Waals surface area contributed by atoms with Crippen LogP contribution >= 0.6 is 0 Å². The van der Waals surface area contributed by atoms with Gasteiger partial charge >= 0.3 is 6.18 Å². The Morgan fingerprint density at radius 3 is 2.31 bits per heavy atom. The maximum absolute atomic E-state index is 12.5. The van der Waals surface area contributed by atoms with Gasteiger partial charge in [0.1, 0.15) is 0 Å². The number of hydrogen-bond donors (Lipinski definition) is 2. The predicted molar refractivity (Wildman–Crippen MR) is 44.9 cm³/mol. The number of nitrogens with one attached hydrogen (secondary N) is 1. The molecule has 1 heterocycles. The summed E-state index contributed by atoms with van der Waals surface area (Å²) < 4.78 is 62.2. The minimum Gasteiger partial charge on any atom is -0.328 e. The van der Waals surface area contributed by atoms with Crippen molar-refractivity contribution >= 4 is 0 Å². The molecule has 3 N–H and O–H groups in total. The number of alkyl halides is 5. The van der Waals surface area contributed by atoms with E-state index in [4.69, 9.17) is 5.73 Å². The summed E-state index contributed by atoms with van der Waals surface area (Å²) in [6.07, 6.45) is -8.01. The molecule has 0 unspecified atom stereocenters. The summed E-state index contributed by atoms with van der Waals surface area (Å²) in [5.41, 5.74) is 0.0410. The molecule has 16 heavy (non-hydrogen) atoms. The van der Waals surface area contributed by atoms with Gasteiger partial charge in [-0.1, -0.05) is 0 Å². The molecule has 0 aliphatic carbocycles. The molecule has 0 aliphatic rings. The zero-order valence-corrected chi connectivity index (χ0v) is 7.74. The molecule has 1 aromatic heterocycles. The topological polar surface area (TPSA) is 58.9 Å². The average Bonchev–Trinajstić information content (AvgIpc) is 2.15. The van der Waals surface area contributed by atoms with Crippen molar-refractivity contribution in [1.82, 2.24) is 4.98 Å². The van der Waals surface area contributed by atoms with Crippen molar-refractivity contribution < 1.29 is 22.0 Å². The molecule has 3 nitrogen and oxygen atoms in total. The third-order valence-electron chi connectivity index (χ3n) is 1.95. The Balaban J connectivity index is 3.61. The van der Waals surface area contributed by atoms with Crippen molar-refractivity contribution in [2.45, 2.75) is 19.1 Å². The summed E-state index contributed by atoms with van der Waals surface area (Å²) in [5.74, 6) is 0. The summed E-state index contributed by atoms with van der Waals surface area (Å²) >= 11 is 0. The van der Waals surface area contributed by atoms with Gasteiger partial charge in [-0.15, -0.1) is 0 Å². The average molecular weight is 242 g/mol. The Bertz CT molecular complexity index is 437. The van der Waals surface area contributed by atoms with Gasteiger partial charge in [0.2, 0.25) is 0 Å². The van der Waals surface area contributed by atoms with Crippen molar-refractivity contribution in [3.8, 4) is 0 Å². The standard InChI is InChI=1S/C8H7F5N2O/c9-6(10)4-2-15-7(16)3(1-14)5(4)8(11,12)13/h2,6H,1,14H2,(H,15,16). The molecule has 0 saturated carbocycles. The fraction of sp³-hybridized carbons (Fsp3) is 0.375. The van der Waals surface area contributed by atoms with Crippen LogP contribution in [0, 0.1) is 0 Å². The van der Waals surface area contributed by atoms with E-state index >= 15 is 0 Å². The van der Waals surface area contributed by atoms with Gasteiger partial charge in [-0.3, -0.25) is 4.79 Å². The Morgan fingerprint density at radius 2 is 1.94 bits per heavy atom. The lowest BCUT2D eigenvalue weighted by atomic mass is 10.0. The van der Waals surface area contributed by atoms with E-state index in [1.54, 1.807) is 4.98 Å². The molecule has 0 atom stereocenters. The number of nitrogens with two attached hydrogens (primary N) is 1. The van der Waals surface area contributed by atoms with Gasteiger partial charge in [0.25, 0.3) is 12.0 Å². The minimum absolute atomic E-state index is 0.356. The molecule has 0 bridgehead atoms. The summed E-state index contributed by atoms with van der Waals surface area (Å²) in [6, 6.07) is 0. The van der Waals surface area contributed by atoms with E-state index < -0.39 is 41.4 Å². The molecule has 0 saturated heterocycles. The van der Waals surface area contributed by atoms with Crippen molar-refractivity contribution in [1.29, 1.82) is 0 Å². The van der Waals surface area contributed by atoms with E-state index in [1.165, 1.54) is 0 Å². The highest BCUT2D eigenvalue weighted by molar-refractivity contribution is 5.35. The number of pyridine rings is 1. The maximum atomic E-state index is 12.5. The number of hydrogen-bond acceptors (Lipinski definition) is 2. The monoisotopic (exact) mass is 242 g/mol. The fourth-order valence-electron chi connectivity index (χ4n) is 1.29. The molecule has 90 valence electrons. The number of aromatic nitrogens is 1. The summed E-state index contributed by atoms with van der Waals surface area (Å²) in [4.78, 5) is 12.8. The van der Waals surface area contributed by atoms with Crippen molar-refractivity contribution in [3.05, 3.63) is 33.2 Å². The van der Waals surface area contributed by atoms with Crippen LogP contribution in [0.2, 0.25) is 0 Å². The quantitative estimate of drug-likeness (QED) is 0.777. The van der Waals surface area contributed by atoms with Gasteiger partial charge in [0.05, 0.1) is 5.56 Å². The van der Waals surface area contributed by atoms with Gasteiger partial charge < -0.3 is 10.7 Å². The second kappa shape index (κ2) is 4.20. The van der Waals surface area contributed by atoms with Gasteiger partial charge in [0, 0.05) is 23.9 Å². The molecule has 1 aromatic rings. The Hall–Kier alpha value is -1.44.